The zero-order valence-electron chi connectivity index (χ0n) is 32.0. The Morgan fingerprint density at radius 1 is 0.339 bits per heavy atom. The van der Waals surface area contributed by atoms with Crippen LogP contribution < -0.4 is 20.5 Å². The van der Waals surface area contributed by atoms with E-state index in [1.54, 1.807) is 0 Å². The van der Waals surface area contributed by atoms with Crippen LogP contribution in [0.5, 0.6) is 5.75 Å². The minimum Gasteiger partial charge on any atom is -0.551 e. The van der Waals surface area contributed by atoms with Crippen LogP contribution in [0.3, 0.4) is 0 Å². The smallest absolute Gasteiger partial charge is 0.431 e. The topological polar surface area (TPSA) is 22.3 Å². The second-order valence-corrected chi connectivity index (χ2v) is 15.6. The van der Waals surface area contributed by atoms with E-state index in [0.717, 1.165) is 56.3 Å². The highest BCUT2D eigenvalue weighted by Crippen LogP contribution is 2.47. The molecule has 2 aromatic heterocycles. The van der Waals surface area contributed by atoms with Crippen LogP contribution in [0.15, 0.2) is 206 Å². The van der Waals surface area contributed by atoms with Crippen molar-refractivity contribution in [3.63, 3.8) is 0 Å². The van der Waals surface area contributed by atoms with E-state index < -0.39 is 0 Å². The summed E-state index contributed by atoms with van der Waals surface area (Å²) in [6, 6.07) is 74.9. The van der Waals surface area contributed by atoms with E-state index in [4.69, 9.17) is 4.65 Å². The van der Waals surface area contributed by atoms with Gasteiger partial charge < -0.3 is 18.7 Å². The standard InChI is InChI=1S/C54H34BN3O/c1-8-24-45-36(16-1)37-17-2-9-25-46(37)56(45)35-32-33-50-43(34-35)40-20-5-12-28-49(40)57(50)47-26-10-3-18-38(47)39-19-4-11-27-48(39)58-51-29-13-7-23-44(51)55-54-42(22-15-30-52(54)58)41-21-6-14-31-53(41)59-55/h1-34H. The van der Waals surface area contributed by atoms with Crippen molar-refractivity contribution in [2.45, 2.75) is 0 Å². The lowest BCUT2D eigenvalue weighted by Gasteiger charge is -2.40. The van der Waals surface area contributed by atoms with Crippen molar-refractivity contribution in [3.05, 3.63) is 206 Å². The summed E-state index contributed by atoms with van der Waals surface area (Å²) in [7, 11) is 0. The molecule has 0 bridgehead atoms. The highest BCUT2D eigenvalue weighted by Gasteiger charge is 2.42. The molecule has 0 radical (unpaired) electrons. The summed E-state index contributed by atoms with van der Waals surface area (Å²) in [6.07, 6.45) is 0. The summed E-state index contributed by atoms with van der Waals surface area (Å²) in [5, 5.41) is 4.97. The fraction of sp³-hybridized carbons (Fsp3) is 0. The highest BCUT2D eigenvalue weighted by atomic mass is 16.4. The molecule has 0 spiro atoms. The Morgan fingerprint density at radius 3 is 1.59 bits per heavy atom. The largest absolute Gasteiger partial charge is 0.551 e. The molecule has 0 aliphatic carbocycles. The molecular weight excluding hydrogens is 717 g/mol. The van der Waals surface area contributed by atoms with Gasteiger partial charge >= 0.3 is 6.92 Å². The van der Waals surface area contributed by atoms with E-state index in [1.165, 1.54) is 54.6 Å². The number of rotatable bonds is 4. The van der Waals surface area contributed by atoms with Crippen molar-refractivity contribution < 1.29 is 4.65 Å². The van der Waals surface area contributed by atoms with Crippen LogP contribution in [0.1, 0.15) is 0 Å². The van der Waals surface area contributed by atoms with Gasteiger partial charge in [-0.25, -0.2) is 0 Å². The summed E-state index contributed by atoms with van der Waals surface area (Å²) in [5.74, 6) is 0.924. The molecule has 59 heavy (non-hydrogen) atoms. The average molecular weight is 752 g/mol. The summed E-state index contributed by atoms with van der Waals surface area (Å²) < 4.78 is 11.7. The maximum atomic E-state index is 6.86. The summed E-state index contributed by atoms with van der Waals surface area (Å²) in [4.78, 5) is 2.46. The maximum absolute atomic E-state index is 6.86. The second kappa shape index (κ2) is 12.4. The van der Waals surface area contributed by atoms with Gasteiger partial charge in [-0.2, -0.15) is 0 Å². The monoisotopic (exact) mass is 751 g/mol. The molecule has 2 aliphatic heterocycles. The minimum absolute atomic E-state index is 0.201. The molecule has 11 aromatic rings. The van der Waals surface area contributed by atoms with Gasteiger partial charge in [0, 0.05) is 60.8 Å². The molecule has 0 N–H and O–H groups in total. The number of benzene rings is 9. The Bertz CT molecular complexity index is 3470. The van der Waals surface area contributed by atoms with Gasteiger partial charge in [-0.3, -0.25) is 0 Å². The number of fused-ring (bicyclic) bond motifs is 10. The van der Waals surface area contributed by atoms with Crippen LogP contribution in [0.25, 0.3) is 77.2 Å². The Hall–Kier alpha value is -7.76. The summed E-state index contributed by atoms with van der Waals surface area (Å²) in [5.41, 5.74) is 17.4. The maximum Gasteiger partial charge on any atom is 0.431 e. The molecule has 0 fully saturated rings. The predicted molar refractivity (Wildman–Crippen MR) is 246 cm³/mol. The first kappa shape index (κ1) is 32.3. The zero-order valence-corrected chi connectivity index (χ0v) is 32.0. The van der Waals surface area contributed by atoms with Crippen LogP contribution in [0.2, 0.25) is 0 Å². The fourth-order valence-electron chi connectivity index (χ4n) is 10.1. The van der Waals surface area contributed by atoms with Crippen molar-refractivity contribution in [1.29, 1.82) is 0 Å². The Labute approximate surface area is 341 Å². The molecule has 0 atom stereocenters. The SMILES string of the molecule is c1ccc2c(c1)OB1c3ccccc3N(c3ccccc3-c3ccccc3-n3c4ccccc4c4cc(-n5c6ccccc6c6ccccc65)ccc43)c3cccc-2c31. The third-order valence-electron chi connectivity index (χ3n) is 12.5. The van der Waals surface area contributed by atoms with Gasteiger partial charge in [-0.15, -0.1) is 0 Å². The van der Waals surface area contributed by atoms with Gasteiger partial charge in [-0.1, -0.05) is 140 Å². The van der Waals surface area contributed by atoms with Gasteiger partial charge in [0.25, 0.3) is 0 Å². The van der Waals surface area contributed by atoms with E-state index in [0.29, 0.717) is 0 Å². The van der Waals surface area contributed by atoms with Gasteiger partial charge in [0.05, 0.1) is 33.4 Å². The molecule has 13 rings (SSSR count). The lowest BCUT2D eigenvalue weighted by Crippen LogP contribution is -2.56. The van der Waals surface area contributed by atoms with E-state index in [-0.39, 0.29) is 6.92 Å². The Kier molecular flexibility index (Phi) is 6.78. The van der Waals surface area contributed by atoms with Crippen LogP contribution in [-0.2, 0) is 0 Å². The van der Waals surface area contributed by atoms with E-state index in [9.17, 15) is 0 Å². The quantitative estimate of drug-likeness (QED) is 0.167. The number of nitrogens with zero attached hydrogens (tertiary/aromatic N) is 3. The first-order valence-electron chi connectivity index (χ1n) is 20.3. The first-order valence-corrected chi connectivity index (χ1v) is 20.3. The first-order chi connectivity index (χ1) is 29.3. The van der Waals surface area contributed by atoms with Crippen LogP contribution in [0, 0.1) is 0 Å². The normalized spacial score (nSPS) is 12.8. The molecule has 9 aromatic carbocycles. The van der Waals surface area contributed by atoms with E-state index >= 15 is 0 Å². The van der Waals surface area contributed by atoms with Gasteiger partial charge in [0.15, 0.2) is 0 Å². The second-order valence-electron chi connectivity index (χ2n) is 15.6. The molecule has 0 amide bonds. The molecule has 5 heteroatoms. The number of anilines is 3. The van der Waals surface area contributed by atoms with Crippen molar-refractivity contribution in [1.82, 2.24) is 9.13 Å². The molecule has 2 aliphatic rings. The van der Waals surface area contributed by atoms with Crippen molar-refractivity contribution in [2.75, 3.05) is 4.90 Å². The van der Waals surface area contributed by atoms with Gasteiger partial charge in [0.1, 0.15) is 5.75 Å². The molecule has 0 unspecified atom stereocenters. The van der Waals surface area contributed by atoms with Gasteiger partial charge in [-0.05, 0) is 77.8 Å². The van der Waals surface area contributed by atoms with Crippen LogP contribution in [-0.4, -0.2) is 16.0 Å². The number of aromatic nitrogens is 2. The number of para-hydroxylation sites is 7. The predicted octanol–water partition coefficient (Wildman–Crippen LogP) is 12.5. The van der Waals surface area contributed by atoms with Gasteiger partial charge in [0.2, 0.25) is 0 Å². The van der Waals surface area contributed by atoms with Crippen LogP contribution in [0.4, 0.5) is 17.1 Å². The average Bonchev–Trinajstić information content (AvgIpc) is 3.82. The Morgan fingerprint density at radius 2 is 0.847 bits per heavy atom. The summed E-state index contributed by atoms with van der Waals surface area (Å²) in [6.45, 7) is -0.201. The Balaban J connectivity index is 1.03. The highest BCUT2D eigenvalue weighted by molar-refractivity contribution is 6.85. The third kappa shape index (κ3) is 4.55. The van der Waals surface area contributed by atoms with Crippen molar-refractivity contribution >= 4 is 78.5 Å². The summed E-state index contributed by atoms with van der Waals surface area (Å²) >= 11 is 0. The fourth-order valence-corrected chi connectivity index (χ4v) is 10.1. The molecule has 274 valence electrons. The zero-order chi connectivity index (χ0) is 38.6. The molecule has 0 saturated heterocycles. The number of hydrogen-bond acceptors (Lipinski definition) is 2. The van der Waals surface area contributed by atoms with E-state index in [2.05, 4.69) is 220 Å². The molecule has 0 saturated carbocycles. The lowest BCUT2D eigenvalue weighted by molar-refractivity contribution is 0.590. The lowest BCUT2D eigenvalue weighted by atomic mass is 9.49. The van der Waals surface area contributed by atoms with E-state index in [1.807, 2.05) is 0 Å². The molecule has 4 nitrogen and oxygen atoms in total. The van der Waals surface area contributed by atoms with Crippen molar-refractivity contribution in [3.8, 4) is 39.4 Å². The molecule has 4 heterocycles. The third-order valence-corrected chi connectivity index (χ3v) is 12.5. The van der Waals surface area contributed by atoms with Crippen molar-refractivity contribution in [2.24, 2.45) is 0 Å². The number of hydrogen-bond donors (Lipinski definition) is 0. The minimum atomic E-state index is -0.201. The van der Waals surface area contributed by atoms with Crippen LogP contribution >= 0.6 is 0 Å². The molecular formula is C54H34BN3O.